The molecule has 0 rings (SSSR count). The van der Waals surface area contributed by atoms with Gasteiger partial charge in [-0.25, -0.2) is 0 Å². The molecule has 0 aromatic carbocycles. The standard InChI is InChI=1S/C13H26N2O/c1-8-9-15(13(5,6)7)11(16)10(14)12(2,3)4/h8,10H,1,9,14H2,2-7H3. The van der Waals surface area contributed by atoms with Gasteiger partial charge in [0, 0.05) is 12.1 Å². The summed E-state index contributed by atoms with van der Waals surface area (Å²) in [5, 5.41) is 0. The molecule has 0 radical (unpaired) electrons. The summed E-state index contributed by atoms with van der Waals surface area (Å²) in [4.78, 5) is 14.1. The van der Waals surface area contributed by atoms with E-state index < -0.39 is 6.04 Å². The number of amides is 1. The van der Waals surface area contributed by atoms with E-state index in [2.05, 4.69) is 6.58 Å². The van der Waals surface area contributed by atoms with Crippen LogP contribution < -0.4 is 5.73 Å². The van der Waals surface area contributed by atoms with Crippen LogP contribution >= 0.6 is 0 Å². The van der Waals surface area contributed by atoms with Crippen LogP contribution in [0.3, 0.4) is 0 Å². The average molecular weight is 226 g/mol. The second-order valence-corrected chi connectivity index (χ2v) is 6.25. The van der Waals surface area contributed by atoms with Crippen molar-refractivity contribution in [3.05, 3.63) is 12.7 Å². The lowest BCUT2D eigenvalue weighted by molar-refractivity contribution is -0.139. The van der Waals surface area contributed by atoms with Crippen molar-refractivity contribution >= 4 is 5.91 Å². The summed E-state index contributed by atoms with van der Waals surface area (Å²) in [6.07, 6.45) is 1.73. The van der Waals surface area contributed by atoms with Crippen LogP contribution in [0.2, 0.25) is 0 Å². The molecule has 0 saturated carbocycles. The Morgan fingerprint density at radius 2 is 1.75 bits per heavy atom. The summed E-state index contributed by atoms with van der Waals surface area (Å²) in [6, 6.07) is -0.480. The van der Waals surface area contributed by atoms with Crippen LogP contribution in [0.5, 0.6) is 0 Å². The van der Waals surface area contributed by atoms with Crippen molar-refractivity contribution in [2.45, 2.75) is 53.1 Å². The minimum Gasteiger partial charge on any atom is -0.333 e. The quantitative estimate of drug-likeness (QED) is 0.750. The van der Waals surface area contributed by atoms with Gasteiger partial charge in [0.25, 0.3) is 0 Å². The van der Waals surface area contributed by atoms with E-state index in [0.717, 1.165) is 0 Å². The van der Waals surface area contributed by atoms with Crippen LogP contribution in [0.25, 0.3) is 0 Å². The lowest BCUT2D eigenvalue weighted by Crippen LogP contribution is -2.56. The second-order valence-electron chi connectivity index (χ2n) is 6.25. The van der Waals surface area contributed by atoms with Crippen LogP contribution in [0.15, 0.2) is 12.7 Å². The first kappa shape index (κ1) is 15.2. The van der Waals surface area contributed by atoms with Crippen molar-refractivity contribution in [2.24, 2.45) is 11.1 Å². The summed E-state index contributed by atoms with van der Waals surface area (Å²) >= 11 is 0. The molecule has 3 heteroatoms. The molecule has 1 amide bonds. The maximum absolute atomic E-state index is 12.3. The SMILES string of the molecule is C=CCN(C(=O)C(N)C(C)(C)C)C(C)(C)C. The third-order valence-electron chi connectivity index (χ3n) is 2.59. The van der Waals surface area contributed by atoms with E-state index in [1.54, 1.807) is 11.0 Å². The molecule has 0 aliphatic heterocycles. The van der Waals surface area contributed by atoms with E-state index in [1.165, 1.54) is 0 Å². The highest BCUT2D eigenvalue weighted by atomic mass is 16.2. The highest BCUT2D eigenvalue weighted by molar-refractivity contribution is 5.83. The molecule has 0 saturated heterocycles. The Balaban J connectivity index is 4.96. The molecule has 0 spiro atoms. The normalized spacial score (nSPS) is 14.4. The molecule has 0 fully saturated rings. The van der Waals surface area contributed by atoms with Crippen LogP contribution in [-0.4, -0.2) is 28.9 Å². The Bertz CT molecular complexity index is 258. The lowest BCUT2D eigenvalue weighted by atomic mass is 9.85. The highest BCUT2D eigenvalue weighted by Crippen LogP contribution is 2.22. The third kappa shape index (κ3) is 3.97. The Kier molecular flexibility index (Phi) is 4.74. The Labute approximate surface area is 99.7 Å². The lowest BCUT2D eigenvalue weighted by Gasteiger charge is -2.39. The van der Waals surface area contributed by atoms with Crippen molar-refractivity contribution in [3.8, 4) is 0 Å². The average Bonchev–Trinajstić information content (AvgIpc) is 2.08. The fourth-order valence-corrected chi connectivity index (χ4v) is 1.36. The van der Waals surface area contributed by atoms with Crippen molar-refractivity contribution in [1.82, 2.24) is 4.90 Å². The molecule has 0 aromatic heterocycles. The van der Waals surface area contributed by atoms with Crippen molar-refractivity contribution in [1.29, 1.82) is 0 Å². The van der Waals surface area contributed by atoms with Gasteiger partial charge in [0.05, 0.1) is 6.04 Å². The van der Waals surface area contributed by atoms with Gasteiger partial charge in [-0.3, -0.25) is 4.79 Å². The maximum atomic E-state index is 12.3. The highest BCUT2D eigenvalue weighted by Gasteiger charge is 2.34. The molecule has 16 heavy (non-hydrogen) atoms. The molecule has 2 N–H and O–H groups in total. The molecule has 0 aliphatic rings. The van der Waals surface area contributed by atoms with E-state index in [9.17, 15) is 4.79 Å². The van der Waals surface area contributed by atoms with Gasteiger partial charge >= 0.3 is 0 Å². The third-order valence-corrected chi connectivity index (χ3v) is 2.59. The second kappa shape index (κ2) is 5.00. The predicted molar refractivity (Wildman–Crippen MR) is 69.1 cm³/mol. The summed E-state index contributed by atoms with van der Waals surface area (Å²) in [6.45, 7) is 16.2. The number of carbonyl (C=O) groups excluding carboxylic acids is 1. The first-order chi connectivity index (χ1) is 7.01. The summed E-state index contributed by atoms with van der Waals surface area (Å²) < 4.78 is 0. The van der Waals surface area contributed by atoms with E-state index in [-0.39, 0.29) is 16.9 Å². The van der Waals surface area contributed by atoms with Gasteiger partial charge in [0.2, 0.25) is 5.91 Å². The van der Waals surface area contributed by atoms with Crippen LogP contribution in [0, 0.1) is 5.41 Å². The van der Waals surface area contributed by atoms with E-state index in [0.29, 0.717) is 6.54 Å². The monoisotopic (exact) mass is 226 g/mol. The minimum atomic E-state index is -0.480. The smallest absolute Gasteiger partial charge is 0.240 e. The summed E-state index contributed by atoms with van der Waals surface area (Å²) in [5.74, 6) is -0.0140. The Hall–Kier alpha value is -0.830. The zero-order chi connectivity index (χ0) is 13.1. The molecule has 1 atom stereocenters. The molecule has 0 heterocycles. The zero-order valence-corrected chi connectivity index (χ0v) is 11.5. The molecule has 3 nitrogen and oxygen atoms in total. The van der Waals surface area contributed by atoms with Gasteiger partial charge in [-0.2, -0.15) is 0 Å². The molecule has 94 valence electrons. The maximum Gasteiger partial charge on any atom is 0.240 e. The van der Waals surface area contributed by atoms with Crippen molar-refractivity contribution in [3.63, 3.8) is 0 Å². The fraction of sp³-hybridized carbons (Fsp3) is 0.769. The van der Waals surface area contributed by atoms with Crippen molar-refractivity contribution < 1.29 is 4.79 Å². The fourth-order valence-electron chi connectivity index (χ4n) is 1.36. The van der Waals surface area contributed by atoms with Gasteiger partial charge in [0.15, 0.2) is 0 Å². The first-order valence-corrected chi connectivity index (χ1v) is 5.69. The van der Waals surface area contributed by atoms with E-state index in [1.807, 2.05) is 41.5 Å². The van der Waals surface area contributed by atoms with Gasteiger partial charge in [-0.1, -0.05) is 26.8 Å². The zero-order valence-electron chi connectivity index (χ0n) is 11.5. The number of hydrogen-bond donors (Lipinski definition) is 1. The van der Waals surface area contributed by atoms with Crippen LogP contribution in [0.4, 0.5) is 0 Å². The van der Waals surface area contributed by atoms with Gasteiger partial charge in [-0.05, 0) is 26.2 Å². The molecule has 1 unspecified atom stereocenters. The van der Waals surface area contributed by atoms with Crippen molar-refractivity contribution in [2.75, 3.05) is 6.54 Å². The number of nitrogens with zero attached hydrogens (tertiary/aromatic N) is 1. The van der Waals surface area contributed by atoms with Gasteiger partial charge < -0.3 is 10.6 Å². The Morgan fingerprint density at radius 1 is 1.31 bits per heavy atom. The largest absolute Gasteiger partial charge is 0.333 e. The molecular formula is C13H26N2O. The number of rotatable bonds is 3. The van der Waals surface area contributed by atoms with E-state index in [4.69, 9.17) is 5.73 Å². The molecule has 0 aromatic rings. The van der Waals surface area contributed by atoms with Gasteiger partial charge in [-0.15, -0.1) is 6.58 Å². The summed E-state index contributed by atoms with van der Waals surface area (Å²) in [5.41, 5.74) is 5.55. The van der Waals surface area contributed by atoms with Crippen LogP contribution in [-0.2, 0) is 4.79 Å². The molecule has 0 aliphatic carbocycles. The van der Waals surface area contributed by atoms with Gasteiger partial charge in [0.1, 0.15) is 0 Å². The van der Waals surface area contributed by atoms with Crippen LogP contribution in [0.1, 0.15) is 41.5 Å². The Morgan fingerprint density at radius 3 is 2.00 bits per heavy atom. The molecule has 0 bridgehead atoms. The first-order valence-electron chi connectivity index (χ1n) is 5.69. The number of carbonyl (C=O) groups is 1. The van der Waals surface area contributed by atoms with E-state index >= 15 is 0 Å². The number of nitrogens with two attached hydrogens (primary N) is 1. The minimum absolute atomic E-state index is 0.0140. The number of hydrogen-bond acceptors (Lipinski definition) is 2. The topological polar surface area (TPSA) is 46.3 Å². The predicted octanol–water partition coefficient (Wildman–Crippen LogP) is 2.17. The summed E-state index contributed by atoms with van der Waals surface area (Å²) in [7, 11) is 0. The molecular weight excluding hydrogens is 200 g/mol.